The van der Waals surface area contributed by atoms with E-state index < -0.39 is 11.4 Å². The van der Waals surface area contributed by atoms with Gasteiger partial charge in [-0.3, -0.25) is 9.59 Å². The fraction of sp³-hybridized carbons (Fsp3) is 0.200. The Balaban J connectivity index is 1.59. The number of carbonyl (C=O) groups excluding carboxylic acids is 1. The molecule has 3 heterocycles. The Hall–Kier alpha value is -4.40. The van der Waals surface area contributed by atoms with Gasteiger partial charge in [0.1, 0.15) is 11.4 Å². The smallest absolute Gasteiger partial charge is 0.335 e. The molecular formula is C25H23N5O4. The Kier molecular flexibility index (Phi) is 4.78. The standard InChI is InChI=1S/C25H23N5O4/c1-4-30-19-12-18-17(11-15(19)25(2,3)24(30)34)28-21(29-18)20-16(9-10-26-22(20)31)27-14-7-5-13(6-8-14)23(32)33/h5-12H,4H2,1-3H3,(H,28,29)(H,32,33)(H2,26,27,31). The first kappa shape index (κ1) is 21.4. The zero-order chi connectivity index (χ0) is 24.2. The van der Waals surface area contributed by atoms with Crippen LogP contribution in [0.2, 0.25) is 0 Å². The number of H-pyrrole nitrogens is 2. The lowest BCUT2D eigenvalue weighted by atomic mass is 9.86. The summed E-state index contributed by atoms with van der Waals surface area (Å²) in [4.78, 5) is 49.1. The van der Waals surface area contributed by atoms with Gasteiger partial charge in [0.05, 0.1) is 33.4 Å². The van der Waals surface area contributed by atoms with Crippen LogP contribution in [0.1, 0.15) is 36.7 Å². The van der Waals surface area contributed by atoms with Crippen LogP contribution in [0.15, 0.2) is 53.5 Å². The topological polar surface area (TPSA) is 131 Å². The van der Waals surface area contributed by atoms with E-state index in [1.54, 1.807) is 23.1 Å². The number of aromatic nitrogens is 3. The Morgan fingerprint density at radius 3 is 2.56 bits per heavy atom. The molecule has 9 heteroatoms. The first-order chi connectivity index (χ1) is 16.2. The molecule has 1 amide bonds. The van der Waals surface area contributed by atoms with E-state index in [2.05, 4.69) is 20.3 Å². The minimum atomic E-state index is -1.01. The minimum Gasteiger partial charge on any atom is -0.478 e. The third-order valence-electron chi connectivity index (χ3n) is 6.27. The third kappa shape index (κ3) is 3.24. The molecule has 0 aliphatic carbocycles. The van der Waals surface area contributed by atoms with Gasteiger partial charge in [-0.15, -0.1) is 0 Å². The fourth-order valence-electron chi connectivity index (χ4n) is 4.43. The van der Waals surface area contributed by atoms with Crippen molar-refractivity contribution in [2.75, 3.05) is 16.8 Å². The molecule has 2 aromatic carbocycles. The number of hydrogen-bond donors (Lipinski definition) is 4. The predicted octanol–water partition coefficient (Wildman–Crippen LogP) is 4.00. The molecule has 0 atom stereocenters. The predicted molar refractivity (Wildman–Crippen MR) is 130 cm³/mol. The summed E-state index contributed by atoms with van der Waals surface area (Å²) in [5.41, 5.74) is 3.80. The zero-order valence-electron chi connectivity index (χ0n) is 18.9. The Bertz CT molecular complexity index is 1510. The molecule has 34 heavy (non-hydrogen) atoms. The van der Waals surface area contributed by atoms with Gasteiger partial charge in [-0.2, -0.15) is 0 Å². The van der Waals surface area contributed by atoms with Crippen LogP contribution < -0.4 is 15.8 Å². The van der Waals surface area contributed by atoms with Crippen LogP contribution in [0.25, 0.3) is 22.4 Å². The molecular weight excluding hydrogens is 434 g/mol. The molecule has 0 bridgehead atoms. The highest BCUT2D eigenvalue weighted by molar-refractivity contribution is 6.09. The highest BCUT2D eigenvalue weighted by Crippen LogP contribution is 2.43. The van der Waals surface area contributed by atoms with Crippen molar-refractivity contribution in [1.82, 2.24) is 15.0 Å². The second kappa shape index (κ2) is 7.58. The molecule has 0 spiro atoms. The lowest BCUT2D eigenvalue weighted by Gasteiger charge is -2.18. The molecule has 9 nitrogen and oxygen atoms in total. The maximum Gasteiger partial charge on any atom is 0.335 e. The average molecular weight is 457 g/mol. The number of pyridine rings is 1. The Labute approximate surface area is 194 Å². The number of carbonyl (C=O) groups is 2. The van der Waals surface area contributed by atoms with Gasteiger partial charge in [-0.25, -0.2) is 9.78 Å². The van der Waals surface area contributed by atoms with E-state index in [9.17, 15) is 14.4 Å². The largest absolute Gasteiger partial charge is 0.478 e. The first-order valence-electron chi connectivity index (χ1n) is 10.9. The molecule has 4 N–H and O–H groups in total. The van der Waals surface area contributed by atoms with Gasteiger partial charge < -0.3 is 25.3 Å². The lowest BCUT2D eigenvalue weighted by molar-refractivity contribution is -0.122. The molecule has 4 aromatic rings. The van der Waals surface area contributed by atoms with Gasteiger partial charge in [0.15, 0.2) is 0 Å². The van der Waals surface area contributed by atoms with Crippen molar-refractivity contribution < 1.29 is 14.7 Å². The number of carboxylic acids is 1. The van der Waals surface area contributed by atoms with Crippen molar-refractivity contribution in [3.8, 4) is 11.4 Å². The summed E-state index contributed by atoms with van der Waals surface area (Å²) in [7, 11) is 0. The first-order valence-corrected chi connectivity index (χ1v) is 10.9. The lowest BCUT2D eigenvalue weighted by Crippen LogP contribution is -2.35. The molecule has 172 valence electrons. The van der Waals surface area contributed by atoms with E-state index in [4.69, 9.17) is 5.11 Å². The molecule has 0 saturated heterocycles. The van der Waals surface area contributed by atoms with Crippen molar-refractivity contribution in [3.05, 3.63) is 70.1 Å². The number of amides is 1. The third-order valence-corrected chi connectivity index (χ3v) is 6.27. The van der Waals surface area contributed by atoms with E-state index >= 15 is 0 Å². The molecule has 2 aromatic heterocycles. The number of imidazole rings is 1. The van der Waals surface area contributed by atoms with E-state index in [0.29, 0.717) is 34.8 Å². The van der Waals surface area contributed by atoms with E-state index in [0.717, 1.165) is 16.8 Å². The molecule has 1 aliphatic heterocycles. The summed E-state index contributed by atoms with van der Waals surface area (Å²) in [5.74, 6) is -0.570. The van der Waals surface area contributed by atoms with Gasteiger partial charge in [0.2, 0.25) is 5.91 Å². The van der Waals surface area contributed by atoms with Gasteiger partial charge in [-0.05, 0) is 68.8 Å². The number of benzene rings is 2. The maximum atomic E-state index is 12.8. The normalized spacial score (nSPS) is 14.4. The second-order valence-electron chi connectivity index (χ2n) is 8.75. The molecule has 0 saturated carbocycles. The summed E-state index contributed by atoms with van der Waals surface area (Å²) in [5, 5.41) is 12.3. The van der Waals surface area contributed by atoms with Crippen molar-refractivity contribution in [2.45, 2.75) is 26.2 Å². The summed E-state index contributed by atoms with van der Waals surface area (Å²) >= 11 is 0. The number of hydrogen-bond acceptors (Lipinski definition) is 5. The SMILES string of the molecule is CCN1C(=O)C(C)(C)c2cc3[nH]c(-c4c(Nc5ccc(C(=O)O)cc5)cc[nH]c4=O)nc3cc21. The second-order valence-corrected chi connectivity index (χ2v) is 8.75. The van der Waals surface area contributed by atoms with Crippen LogP contribution in [0, 0.1) is 0 Å². The minimum absolute atomic E-state index is 0.0535. The van der Waals surface area contributed by atoms with Crippen LogP contribution in [-0.4, -0.2) is 38.5 Å². The van der Waals surface area contributed by atoms with E-state index in [1.165, 1.54) is 18.3 Å². The van der Waals surface area contributed by atoms with Gasteiger partial charge in [0.25, 0.3) is 5.56 Å². The van der Waals surface area contributed by atoms with Crippen LogP contribution >= 0.6 is 0 Å². The van der Waals surface area contributed by atoms with Gasteiger partial charge in [0, 0.05) is 18.4 Å². The van der Waals surface area contributed by atoms with Crippen molar-refractivity contribution >= 4 is 40.0 Å². The van der Waals surface area contributed by atoms with Crippen LogP contribution in [-0.2, 0) is 10.2 Å². The summed E-state index contributed by atoms with van der Waals surface area (Å²) in [6.07, 6.45) is 1.53. The number of rotatable bonds is 5. The van der Waals surface area contributed by atoms with Gasteiger partial charge >= 0.3 is 5.97 Å². The number of likely N-dealkylation sites (N-methyl/N-ethyl adjacent to an activating group) is 1. The van der Waals surface area contributed by atoms with Crippen molar-refractivity contribution in [1.29, 1.82) is 0 Å². The fourth-order valence-corrected chi connectivity index (χ4v) is 4.43. The van der Waals surface area contributed by atoms with Crippen LogP contribution in [0.3, 0.4) is 0 Å². The van der Waals surface area contributed by atoms with Crippen molar-refractivity contribution in [2.24, 2.45) is 0 Å². The Morgan fingerprint density at radius 1 is 1.15 bits per heavy atom. The van der Waals surface area contributed by atoms with E-state index in [1.807, 2.05) is 32.9 Å². The van der Waals surface area contributed by atoms with Gasteiger partial charge in [-0.1, -0.05) is 0 Å². The van der Waals surface area contributed by atoms with Crippen LogP contribution in [0.4, 0.5) is 17.1 Å². The number of fused-ring (bicyclic) bond motifs is 2. The molecule has 0 radical (unpaired) electrons. The molecule has 1 aliphatic rings. The van der Waals surface area contributed by atoms with E-state index in [-0.39, 0.29) is 17.0 Å². The number of carboxylic acid groups (broad SMARTS) is 1. The molecule has 0 unspecified atom stereocenters. The summed E-state index contributed by atoms with van der Waals surface area (Å²) in [6, 6.07) is 11.8. The summed E-state index contributed by atoms with van der Waals surface area (Å²) in [6.45, 7) is 6.32. The number of aromatic amines is 2. The van der Waals surface area contributed by atoms with Crippen LogP contribution in [0.5, 0.6) is 0 Å². The quantitative estimate of drug-likeness (QED) is 0.358. The maximum absolute atomic E-state index is 12.8. The zero-order valence-corrected chi connectivity index (χ0v) is 18.9. The monoisotopic (exact) mass is 457 g/mol. The average Bonchev–Trinajstić information content (AvgIpc) is 3.29. The number of aromatic carboxylic acids is 1. The highest BCUT2D eigenvalue weighted by atomic mass is 16.4. The molecule has 0 fully saturated rings. The summed E-state index contributed by atoms with van der Waals surface area (Å²) < 4.78 is 0. The number of nitrogens with one attached hydrogen (secondary N) is 3. The Morgan fingerprint density at radius 2 is 1.88 bits per heavy atom. The van der Waals surface area contributed by atoms with Crippen molar-refractivity contribution in [3.63, 3.8) is 0 Å². The number of nitrogens with zero attached hydrogens (tertiary/aromatic N) is 2. The number of anilines is 3. The molecule has 5 rings (SSSR count). The highest BCUT2D eigenvalue weighted by Gasteiger charge is 2.43.